The van der Waals surface area contributed by atoms with Gasteiger partial charge in [-0.3, -0.25) is 4.79 Å². The molecule has 3 aromatic rings. The lowest BCUT2D eigenvalue weighted by Gasteiger charge is -2.10. The molecule has 1 amide bonds. The molecule has 1 aromatic heterocycles. The molecule has 0 saturated heterocycles. The number of amides is 1. The number of nitrogens with one attached hydrogen (secondary N) is 2. The molecule has 3 rings (SSSR count). The van der Waals surface area contributed by atoms with Crippen molar-refractivity contribution in [3.05, 3.63) is 58.1 Å². The standard InChI is InChI=1S/C15H12BrN5O/c1-9-6-7-12(16)11(8-9)15(22)17-13-5-3-2-4-10(13)14-18-20-21-19-14/h2-8H,1H3,(H,17,22)(H,18,19,20,21). The summed E-state index contributed by atoms with van der Waals surface area (Å²) in [6, 6.07) is 12.9. The number of H-pyrrole nitrogens is 1. The van der Waals surface area contributed by atoms with E-state index >= 15 is 0 Å². The van der Waals surface area contributed by atoms with E-state index in [0.717, 1.165) is 10.0 Å². The summed E-state index contributed by atoms with van der Waals surface area (Å²) in [7, 11) is 0. The normalized spacial score (nSPS) is 10.5. The van der Waals surface area contributed by atoms with E-state index in [9.17, 15) is 4.79 Å². The minimum atomic E-state index is -0.202. The molecule has 0 atom stereocenters. The Bertz CT molecular complexity index is 817. The third-order valence-corrected chi connectivity index (χ3v) is 3.82. The van der Waals surface area contributed by atoms with Gasteiger partial charge < -0.3 is 5.32 Å². The van der Waals surface area contributed by atoms with Crippen LogP contribution < -0.4 is 5.32 Å². The number of aromatic nitrogens is 4. The topological polar surface area (TPSA) is 83.6 Å². The maximum atomic E-state index is 12.5. The lowest BCUT2D eigenvalue weighted by Crippen LogP contribution is -2.13. The van der Waals surface area contributed by atoms with E-state index in [1.54, 1.807) is 6.07 Å². The summed E-state index contributed by atoms with van der Waals surface area (Å²) in [4.78, 5) is 12.5. The van der Waals surface area contributed by atoms with Crippen LogP contribution in [0.2, 0.25) is 0 Å². The van der Waals surface area contributed by atoms with Crippen LogP contribution in [0.15, 0.2) is 46.9 Å². The van der Waals surface area contributed by atoms with Crippen LogP contribution in [0.3, 0.4) is 0 Å². The van der Waals surface area contributed by atoms with Crippen LogP contribution in [0.5, 0.6) is 0 Å². The van der Waals surface area contributed by atoms with E-state index in [4.69, 9.17) is 0 Å². The quantitative estimate of drug-likeness (QED) is 0.753. The van der Waals surface area contributed by atoms with E-state index in [1.165, 1.54) is 0 Å². The Balaban J connectivity index is 1.94. The number of carbonyl (C=O) groups is 1. The molecule has 2 aromatic carbocycles. The van der Waals surface area contributed by atoms with Gasteiger partial charge in [0, 0.05) is 10.0 Å². The second-order valence-electron chi connectivity index (χ2n) is 4.72. The van der Waals surface area contributed by atoms with Crippen molar-refractivity contribution >= 4 is 27.5 Å². The summed E-state index contributed by atoms with van der Waals surface area (Å²) in [6.07, 6.45) is 0. The summed E-state index contributed by atoms with van der Waals surface area (Å²) < 4.78 is 0.743. The SMILES string of the molecule is Cc1ccc(Br)c(C(=O)Nc2ccccc2-c2nn[nH]n2)c1. The van der Waals surface area contributed by atoms with Gasteiger partial charge in [0.15, 0.2) is 0 Å². The van der Waals surface area contributed by atoms with E-state index in [2.05, 4.69) is 41.9 Å². The molecule has 0 aliphatic heterocycles. The van der Waals surface area contributed by atoms with Gasteiger partial charge in [0.2, 0.25) is 5.82 Å². The molecule has 0 bridgehead atoms. The van der Waals surface area contributed by atoms with Crippen molar-refractivity contribution in [3.63, 3.8) is 0 Å². The Hall–Kier alpha value is -2.54. The number of aryl methyl sites for hydroxylation is 1. The molecule has 0 radical (unpaired) electrons. The van der Waals surface area contributed by atoms with Crippen LogP contribution in [0, 0.1) is 6.92 Å². The van der Waals surface area contributed by atoms with Crippen LogP contribution in [0.25, 0.3) is 11.4 Å². The molecule has 6 nitrogen and oxygen atoms in total. The van der Waals surface area contributed by atoms with Gasteiger partial charge in [0.05, 0.1) is 11.3 Å². The highest BCUT2D eigenvalue weighted by molar-refractivity contribution is 9.10. The Morgan fingerprint density at radius 1 is 1.23 bits per heavy atom. The zero-order valence-electron chi connectivity index (χ0n) is 11.7. The number of rotatable bonds is 3. The second-order valence-corrected chi connectivity index (χ2v) is 5.57. The molecule has 110 valence electrons. The maximum Gasteiger partial charge on any atom is 0.256 e. The molecule has 1 heterocycles. The zero-order chi connectivity index (χ0) is 15.5. The smallest absolute Gasteiger partial charge is 0.256 e. The second kappa shape index (κ2) is 6.07. The number of anilines is 1. The number of aromatic amines is 1. The van der Waals surface area contributed by atoms with E-state index in [1.807, 2.05) is 43.3 Å². The summed E-state index contributed by atoms with van der Waals surface area (Å²) in [5, 5.41) is 16.7. The van der Waals surface area contributed by atoms with Crippen molar-refractivity contribution < 1.29 is 4.79 Å². The fraction of sp³-hybridized carbons (Fsp3) is 0.0667. The van der Waals surface area contributed by atoms with Crippen molar-refractivity contribution in [2.45, 2.75) is 6.92 Å². The number of nitrogens with zero attached hydrogens (tertiary/aromatic N) is 3. The number of tetrazole rings is 1. The number of hydrogen-bond acceptors (Lipinski definition) is 4. The molecule has 0 unspecified atom stereocenters. The molecule has 0 spiro atoms. The fourth-order valence-corrected chi connectivity index (χ4v) is 2.49. The van der Waals surface area contributed by atoms with Gasteiger partial charge in [-0.25, -0.2) is 0 Å². The summed E-state index contributed by atoms with van der Waals surface area (Å²) in [5.74, 6) is 0.228. The lowest BCUT2D eigenvalue weighted by atomic mass is 10.1. The summed E-state index contributed by atoms with van der Waals surface area (Å²) >= 11 is 3.40. The molecule has 7 heteroatoms. The first-order valence-electron chi connectivity index (χ1n) is 6.55. The molecule has 0 saturated carbocycles. The Morgan fingerprint density at radius 3 is 2.82 bits per heavy atom. The predicted octanol–water partition coefficient (Wildman–Crippen LogP) is 3.19. The molecular formula is C15H12BrN5O. The van der Waals surface area contributed by atoms with Crippen molar-refractivity contribution in [2.24, 2.45) is 0 Å². The Morgan fingerprint density at radius 2 is 2.05 bits per heavy atom. The predicted molar refractivity (Wildman–Crippen MR) is 86.4 cm³/mol. The van der Waals surface area contributed by atoms with E-state index in [0.29, 0.717) is 22.6 Å². The highest BCUT2D eigenvalue weighted by atomic mass is 79.9. The molecule has 0 aliphatic carbocycles. The third-order valence-electron chi connectivity index (χ3n) is 3.13. The van der Waals surface area contributed by atoms with Crippen LogP contribution in [0.4, 0.5) is 5.69 Å². The van der Waals surface area contributed by atoms with Crippen LogP contribution in [-0.2, 0) is 0 Å². The zero-order valence-corrected chi connectivity index (χ0v) is 13.3. The van der Waals surface area contributed by atoms with Gasteiger partial charge in [-0.2, -0.15) is 5.21 Å². The fourth-order valence-electron chi connectivity index (χ4n) is 2.07. The van der Waals surface area contributed by atoms with Crippen molar-refractivity contribution in [2.75, 3.05) is 5.32 Å². The highest BCUT2D eigenvalue weighted by Gasteiger charge is 2.14. The largest absolute Gasteiger partial charge is 0.321 e. The van der Waals surface area contributed by atoms with Gasteiger partial charge in [0.1, 0.15) is 0 Å². The van der Waals surface area contributed by atoms with E-state index in [-0.39, 0.29) is 5.91 Å². The van der Waals surface area contributed by atoms with Gasteiger partial charge >= 0.3 is 0 Å². The number of hydrogen-bond donors (Lipinski definition) is 2. The van der Waals surface area contributed by atoms with Gasteiger partial charge in [-0.05, 0) is 52.3 Å². The number of carbonyl (C=O) groups excluding carboxylic acids is 1. The molecule has 2 N–H and O–H groups in total. The molecular weight excluding hydrogens is 346 g/mol. The average Bonchev–Trinajstić information content (AvgIpc) is 3.04. The number of para-hydroxylation sites is 1. The summed E-state index contributed by atoms with van der Waals surface area (Å²) in [5.41, 5.74) is 2.92. The minimum Gasteiger partial charge on any atom is -0.321 e. The highest BCUT2D eigenvalue weighted by Crippen LogP contribution is 2.26. The lowest BCUT2D eigenvalue weighted by molar-refractivity contribution is 0.102. The Kier molecular flexibility index (Phi) is 3.97. The van der Waals surface area contributed by atoms with Crippen molar-refractivity contribution in [1.82, 2.24) is 20.6 Å². The number of benzene rings is 2. The molecule has 0 fully saturated rings. The Labute approximate surface area is 135 Å². The number of halogens is 1. The monoisotopic (exact) mass is 357 g/mol. The van der Waals surface area contributed by atoms with Crippen molar-refractivity contribution in [3.8, 4) is 11.4 Å². The van der Waals surface area contributed by atoms with Gasteiger partial charge in [-0.1, -0.05) is 23.8 Å². The summed E-state index contributed by atoms with van der Waals surface area (Å²) in [6.45, 7) is 1.94. The van der Waals surface area contributed by atoms with Gasteiger partial charge in [-0.15, -0.1) is 10.2 Å². The van der Waals surface area contributed by atoms with Crippen molar-refractivity contribution in [1.29, 1.82) is 0 Å². The third kappa shape index (κ3) is 2.89. The molecule has 22 heavy (non-hydrogen) atoms. The minimum absolute atomic E-state index is 0.202. The average molecular weight is 358 g/mol. The van der Waals surface area contributed by atoms with Crippen LogP contribution in [-0.4, -0.2) is 26.5 Å². The molecule has 0 aliphatic rings. The first-order valence-corrected chi connectivity index (χ1v) is 7.35. The first-order chi connectivity index (χ1) is 10.6. The van der Waals surface area contributed by atoms with Crippen LogP contribution in [0.1, 0.15) is 15.9 Å². The van der Waals surface area contributed by atoms with Gasteiger partial charge in [0.25, 0.3) is 5.91 Å². The maximum absolute atomic E-state index is 12.5. The van der Waals surface area contributed by atoms with E-state index < -0.39 is 0 Å². The van der Waals surface area contributed by atoms with Crippen LogP contribution >= 0.6 is 15.9 Å². The first kappa shape index (κ1) is 14.4.